The van der Waals surface area contributed by atoms with Crippen LogP contribution in [0.5, 0.6) is 0 Å². The minimum atomic E-state index is -3.90. The van der Waals surface area contributed by atoms with Gasteiger partial charge in [-0.1, -0.05) is 42.5 Å². The van der Waals surface area contributed by atoms with Gasteiger partial charge in [0.1, 0.15) is 17.2 Å². The minimum absolute atomic E-state index is 0.0957. The van der Waals surface area contributed by atoms with Gasteiger partial charge in [-0.2, -0.15) is 0 Å². The average molecular weight is 670 g/mol. The molecule has 7 aromatic rings. The van der Waals surface area contributed by atoms with Crippen LogP contribution in [0.3, 0.4) is 0 Å². The van der Waals surface area contributed by atoms with E-state index in [1.54, 1.807) is 61.9 Å². The van der Waals surface area contributed by atoms with Gasteiger partial charge in [-0.3, -0.25) is 9.20 Å². The van der Waals surface area contributed by atoms with Crippen LogP contribution in [0.1, 0.15) is 6.92 Å². The number of hydrogen-bond acceptors (Lipinski definition) is 9. The fourth-order valence-electron chi connectivity index (χ4n) is 6.26. The van der Waals surface area contributed by atoms with E-state index in [-0.39, 0.29) is 10.8 Å². The number of para-hydroxylation sites is 1. The third-order valence-corrected chi connectivity index (χ3v) is 10.4. The summed E-state index contributed by atoms with van der Waals surface area (Å²) in [7, 11) is -3.90. The quantitative estimate of drug-likeness (QED) is 0.235. The van der Waals surface area contributed by atoms with E-state index in [2.05, 4.69) is 20.2 Å². The van der Waals surface area contributed by atoms with E-state index in [0.29, 0.717) is 58.7 Å². The first kappa shape index (κ1) is 30.3. The normalized spacial score (nSPS) is 13.7. The number of nitrogens with zero attached hydrogens (tertiary/aromatic N) is 8. The monoisotopic (exact) mass is 669 g/mol. The number of benzene rings is 2. The molecule has 1 saturated heterocycles. The summed E-state index contributed by atoms with van der Waals surface area (Å²) in [6.45, 7) is 4.47. The van der Waals surface area contributed by atoms with Crippen molar-refractivity contribution in [3.63, 3.8) is 0 Å². The molecule has 1 aliphatic heterocycles. The molecule has 0 unspecified atom stereocenters. The van der Waals surface area contributed by atoms with Crippen molar-refractivity contribution in [1.82, 2.24) is 33.2 Å². The molecule has 12 nitrogen and oxygen atoms in total. The fraction of sp³-hybridized carbons (Fsp3) is 0.139. The standard InChI is InChI=1S/C36H31N9O3S/c1-25(46)42-19-21-43(22-20-42)26-14-15-32(38-23-26)40-36-37-17-16-30(39-36)35-34(41-33-13-7-8-18-44(33)35)29-24-45(31-12-6-5-11-28(29)31)49(47,48)27-9-3-2-4-10-27/h2-18,23-24H,19-22H2,1H3,(H,37,38,39,40). The molecule has 1 aliphatic rings. The molecule has 0 spiro atoms. The molecule has 0 aliphatic carbocycles. The van der Waals surface area contributed by atoms with Crippen LogP contribution in [0.15, 0.2) is 121 Å². The number of hydrogen-bond donors (Lipinski definition) is 1. The van der Waals surface area contributed by atoms with Crippen LogP contribution >= 0.6 is 0 Å². The van der Waals surface area contributed by atoms with Crippen LogP contribution in [0, 0.1) is 0 Å². The van der Waals surface area contributed by atoms with Gasteiger partial charge in [-0.05, 0) is 48.5 Å². The van der Waals surface area contributed by atoms with Crippen LogP contribution in [0.25, 0.3) is 39.2 Å². The van der Waals surface area contributed by atoms with E-state index in [1.165, 1.54) is 3.97 Å². The van der Waals surface area contributed by atoms with E-state index in [9.17, 15) is 13.2 Å². The predicted molar refractivity (Wildman–Crippen MR) is 188 cm³/mol. The summed E-state index contributed by atoms with van der Waals surface area (Å²) < 4.78 is 31.0. The van der Waals surface area contributed by atoms with Crippen molar-refractivity contribution in [3.05, 3.63) is 116 Å². The number of fused-ring (bicyclic) bond motifs is 2. The molecule has 2 aromatic carbocycles. The first-order chi connectivity index (χ1) is 23.9. The topological polar surface area (TPSA) is 131 Å². The van der Waals surface area contributed by atoms with Gasteiger partial charge in [0.25, 0.3) is 10.0 Å². The zero-order valence-corrected chi connectivity index (χ0v) is 27.3. The second kappa shape index (κ2) is 12.2. The smallest absolute Gasteiger partial charge is 0.268 e. The van der Waals surface area contributed by atoms with Crippen LogP contribution in [-0.2, 0) is 14.8 Å². The van der Waals surface area contributed by atoms with Crippen molar-refractivity contribution >= 4 is 49.9 Å². The third kappa shape index (κ3) is 5.53. The highest BCUT2D eigenvalue weighted by Gasteiger charge is 2.26. The van der Waals surface area contributed by atoms with E-state index in [0.717, 1.165) is 24.2 Å². The number of imidazole rings is 1. The molecular formula is C36H31N9O3S. The first-order valence-electron chi connectivity index (χ1n) is 15.8. The number of amides is 1. The Bertz CT molecular complexity index is 2430. The van der Waals surface area contributed by atoms with Crippen molar-refractivity contribution in [2.24, 2.45) is 0 Å². The molecule has 0 atom stereocenters. The second-order valence-corrected chi connectivity index (χ2v) is 13.5. The number of rotatable bonds is 7. The van der Waals surface area contributed by atoms with Gasteiger partial charge >= 0.3 is 0 Å². The number of piperazine rings is 1. The molecule has 244 valence electrons. The molecule has 1 amide bonds. The predicted octanol–water partition coefficient (Wildman–Crippen LogP) is 5.46. The van der Waals surface area contributed by atoms with Gasteiger partial charge in [-0.15, -0.1) is 0 Å². The number of anilines is 3. The average Bonchev–Trinajstić information content (AvgIpc) is 3.72. The van der Waals surface area contributed by atoms with Crippen LogP contribution in [-0.4, -0.2) is 73.7 Å². The summed E-state index contributed by atoms with van der Waals surface area (Å²) in [6.07, 6.45) is 7.02. The lowest BCUT2D eigenvalue weighted by Crippen LogP contribution is -2.48. The van der Waals surface area contributed by atoms with Crippen molar-refractivity contribution < 1.29 is 13.2 Å². The molecule has 13 heteroatoms. The van der Waals surface area contributed by atoms with Gasteiger partial charge in [0, 0.05) is 62.6 Å². The lowest BCUT2D eigenvalue weighted by Gasteiger charge is -2.35. The first-order valence-corrected chi connectivity index (χ1v) is 17.3. The maximum absolute atomic E-state index is 13.9. The summed E-state index contributed by atoms with van der Waals surface area (Å²) >= 11 is 0. The molecule has 1 N–H and O–H groups in total. The molecule has 0 radical (unpaired) electrons. The number of nitrogens with one attached hydrogen (secondary N) is 1. The Morgan fingerprint density at radius 3 is 2.37 bits per heavy atom. The lowest BCUT2D eigenvalue weighted by molar-refractivity contribution is -0.129. The second-order valence-electron chi connectivity index (χ2n) is 11.7. The summed E-state index contributed by atoms with van der Waals surface area (Å²) in [5, 5.41) is 3.96. The Labute approximate surface area is 282 Å². The van der Waals surface area contributed by atoms with E-state index in [1.807, 2.05) is 70.1 Å². The summed E-state index contributed by atoms with van der Waals surface area (Å²) in [5.74, 6) is 1.02. The molecule has 5 aromatic heterocycles. The molecule has 49 heavy (non-hydrogen) atoms. The highest BCUT2D eigenvalue weighted by Crippen LogP contribution is 2.38. The van der Waals surface area contributed by atoms with Crippen LogP contribution in [0.4, 0.5) is 17.5 Å². The minimum Gasteiger partial charge on any atom is -0.367 e. The largest absolute Gasteiger partial charge is 0.367 e. The highest BCUT2D eigenvalue weighted by molar-refractivity contribution is 7.90. The molecule has 1 fully saturated rings. The third-order valence-electron chi connectivity index (χ3n) is 8.74. The van der Waals surface area contributed by atoms with Crippen molar-refractivity contribution in [2.45, 2.75) is 11.8 Å². The Morgan fingerprint density at radius 2 is 1.59 bits per heavy atom. The zero-order valence-electron chi connectivity index (χ0n) is 26.5. The Kier molecular flexibility index (Phi) is 7.52. The fourth-order valence-corrected chi connectivity index (χ4v) is 7.65. The lowest BCUT2D eigenvalue weighted by atomic mass is 10.1. The van der Waals surface area contributed by atoms with Gasteiger partial charge in [0.05, 0.1) is 33.7 Å². The maximum atomic E-state index is 13.9. The van der Waals surface area contributed by atoms with Gasteiger partial charge in [-0.25, -0.2) is 32.3 Å². The van der Waals surface area contributed by atoms with E-state index >= 15 is 0 Å². The maximum Gasteiger partial charge on any atom is 0.268 e. The van der Waals surface area contributed by atoms with Crippen molar-refractivity contribution in [1.29, 1.82) is 0 Å². The molecule has 0 bridgehead atoms. The van der Waals surface area contributed by atoms with Gasteiger partial charge in [0.2, 0.25) is 11.9 Å². The van der Waals surface area contributed by atoms with Crippen LogP contribution in [0.2, 0.25) is 0 Å². The number of pyridine rings is 2. The Balaban J connectivity index is 1.16. The van der Waals surface area contributed by atoms with E-state index in [4.69, 9.17) is 9.97 Å². The van der Waals surface area contributed by atoms with Crippen molar-refractivity contribution in [2.75, 3.05) is 36.4 Å². The van der Waals surface area contributed by atoms with Crippen LogP contribution < -0.4 is 10.2 Å². The van der Waals surface area contributed by atoms with Gasteiger partial charge < -0.3 is 15.1 Å². The molecular weight excluding hydrogens is 639 g/mol. The molecule has 0 saturated carbocycles. The number of carbonyl (C=O) groups is 1. The SMILES string of the molecule is CC(=O)N1CCN(c2ccc(Nc3nccc(-c4c(-c5cn(S(=O)(=O)c6ccccc6)c6ccccc56)nc5ccccn45)n3)nc2)CC1. The summed E-state index contributed by atoms with van der Waals surface area (Å²) in [5.41, 5.74) is 4.73. The zero-order chi connectivity index (χ0) is 33.5. The highest BCUT2D eigenvalue weighted by atomic mass is 32.2. The van der Waals surface area contributed by atoms with Crippen molar-refractivity contribution in [3.8, 4) is 22.6 Å². The Hall–Kier alpha value is -6.08. The van der Waals surface area contributed by atoms with Gasteiger partial charge in [0.15, 0.2) is 0 Å². The Morgan fingerprint density at radius 1 is 0.816 bits per heavy atom. The van der Waals surface area contributed by atoms with E-state index < -0.39 is 10.0 Å². The number of aromatic nitrogens is 6. The molecule has 8 rings (SSSR count). The molecule has 6 heterocycles. The number of carbonyl (C=O) groups excluding carboxylic acids is 1. The summed E-state index contributed by atoms with van der Waals surface area (Å²) in [4.78, 5) is 34.9. The summed E-state index contributed by atoms with van der Waals surface area (Å²) in [6, 6.07) is 27.2.